The van der Waals surface area contributed by atoms with Crippen LogP contribution in [0.4, 0.5) is 4.39 Å². The van der Waals surface area contributed by atoms with Gasteiger partial charge in [0.25, 0.3) is 0 Å². The molecule has 0 fully saturated rings. The van der Waals surface area contributed by atoms with Crippen molar-refractivity contribution in [3.63, 3.8) is 0 Å². The number of fused-ring (bicyclic) bond motifs is 1. The standard InChI is InChI=1S/C10H8ClFN2O/c1-5-10(11)14-7-3-6(12)4-8(15-2)9(7)13-5/h3-4H,1-2H3. The Hall–Kier alpha value is -1.42. The fourth-order valence-electron chi connectivity index (χ4n) is 1.31. The summed E-state index contributed by atoms with van der Waals surface area (Å²) in [6.07, 6.45) is 0. The van der Waals surface area contributed by atoms with Crippen LogP contribution in [0.1, 0.15) is 5.69 Å². The highest BCUT2D eigenvalue weighted by molar-refractivity contribution is 6.30. The predicted octanol–water partition coefficient (Wildman–Crippen LogP) is 2.74. The minimum absolute atomic E-state index is 0.273. The second kappa shape index (κ2) is 3.62. The van der Waals surface area contributed by atoms with E-state index in [-0.39, 0.29) is 5.15 Å². The van der Waals surface area contributed by atoms with Crippen molar-refractivity contribution in [2.45, 2.75) is 6.92 Å². The zero-order chi connectivity index (χ0) is 11.0. The highest BCUT2D eigenvalue weighted by Gasteiger charge is 2.09. The van der Waals surface area contributed by atoms with E-state index in [2.05, 4.69) is 9.97 Å². The molecular weight excluding hydrogens is 219 g/mol. The third-order valence-corrected chi connectivity index (χ3v) is 2.39. The van der Waals surface area contributed by atoms with Crippen molar-refractivity contribution >= 4 is 22.6 Å². The van der Waals surface area contributed by atoms with E-state index in [9.17, 15) is 4.39 Å². The van der Waals surface area contributed by atoms with Crippen LogP contribution in [0.15, 0.2) is 12.1 Å². The normalized spacial score (nSPS) is 10.7. The second-order valence-corrected chi connectivity index (χ2v) is 3.43. The van der Waals surface area contributed by atoms with E-state index >= 15 is 0 Å². The van der Waals surface area contributed by atoms with Crippen molar-refractivity contribution in [3.8, 4) is 5.75 Å². The van der Waals surface area contributed by atoms with Crippen molar-refractivity contribution in [3.05, 3.63) is 28.8 Å². The molecule has 0 amide bonds. The number of hydrogen-bond donors (Lipinski definition) is 0. The summed E-state index contributed by atoms with van der Waals surface area (Å²) in [5.41, 5.74) is 1.50. The van der Waals surface area contributed by atoms with Gasteiger partial charge in [0.15, 0.2) is 5.15 Å². The molecule has 1 heterocycles. The minimum Gasteiger partial charge on any atom is -0.494 e. The van der Waals surface area contributed by atoms with Gasteiger partial charge < -0.3 is 4.74 Å². The highest BCUT2D eigenvalue weighted by Crippen LogP contribution is 2.26. The van der Waals surface area contributed by atoms with E-state index in [4.69, 9.17) is 16.3 Å². The molecule has 0 bridgehead atoms. The van der Waals surface area contributed by atoms with E-state index in [1.807, 2.05) is 0 Å². The van der Waals surface area contributed by atoms with Gasteiger partial charge in [0.05, 0.1) is 18.3 Å². The number of aromatic nitrogens is 2. The van der Waals surface area contributed by atoms with Crippen molar-refractivity contribution in [2.24, 2.45) is 0 Å². The minimum atomic E-state index is -0.423. The first-order valence-corrected chi connectivity index (χ1v) is 4.67. The van der Waals surface area contributed by atoms with Gasteiger partial charge in [-0.05, 0) is 6.92 Å². The summed E-state index contributed by atoms with van der Waals surface area (Å²) in [6.45, 7) is 1.73. The van der Waals surface area contributed by atoms with E-state index in [1.54, 1.807) is 6.92 Å². The number of rotatable bonds is 1. The van der Waals surface area contributed by atoms with Crippen LogP contribution >= 0.6 is 11.6 Å². The van der Waals surface area contributed by atoms with Crippen LogP contribution in [0.2, 0.25) is 5.15 Å². The summed E-state index contributed by atoms with van der Waals surface area (Å²) in [5, 5.41) is 0.273. The number of benzene rings is 1. The van der Waals surface area contributed by atoms with Crippen LogP contribution in [0, 0.1) is 12.7 Å². The largest absolute Gasteiger partial charge is 0.494 e. The summed E-state index contributed by atoms with van der Waals surface area (Å²) < 4.78 is 18.1. The molecule has 1 aromatic carbocycles. The van der Waals surface area contributed by atoms with E-state index in [0.29, 0.717) is 22.5 Å². The van der Waals surface area contributed by atoms with Crippen LogP contribution in [-0.2, 0) is 0 Å². The summed E-state index contributed by atoms with van der Waals surface area (Å²) in [6, 6.07) is 2.54. The van der Waals surface area contributed by atoms with Gasteiger partial charge >= 0.3 is 0 Å². The summed E-state index contributed by atoms with van der Waals surface area (Å²) in [4.78, 5) is 8.23. The summed E-state index contributed by atoms with van der Waals surface area (Å²) in [7, 11) is 1.46. The monoisotopic (exact) mass is 226 g/mol. The maximum Gasteiger partial charge on any atom is 0.150 e. The molecule has 0 aliphatic rings. The lowest BCUT2D eigenvalue weighted by Gasteiger charge is -2.06. The topological polar surface area (TPSA) is 35.0 Å². The molecule has 0 saturated heterocycles. The van der Waals surface area contributed by atoms with Crippen LogP contribution in [0.5, 0.6) is 5.75 Å². The first-order valence-electron chi connectivity index (χ1n) is 4.29. The molecule has 1 aromatic heterocycles. The molecule has 0 radical (unpaired) electrons. The number of hydrogen-bond acceptors (Lipinski definition) is 3. The molecule has 0 N–H and O–H groups in total. The third kappa shape index (κ3) is 1.72. The lowest BCUT2D eigenvalue weighted by Crippen LogP contribution is -1.94. The van der Waals surface area contributed by atoms with Crippen molar-refractivity contribution < 1.29 is 9.13 Å². The van der Waals surface area contributed by atoms with Gasteiger partial charge in [0.1, 0.15) is 17.1 Å². The molecule has 2 aromatic rings. The molecule has 78 valence electrons. The molecular formula is C10H8ClFN2O. The van der Waals surface area contributed by atoms with E-state index in [0.717, 1.165) is 0 Å². The Balaban J connectivity index is 2.84. The van der Waals surface area contributed by atoms with Crippen molar-refractivity contribution in [1.29, 1.82) is 0 Å². The van der Waals surface area contributed by atoms with Gasteiger partial charge in [-0.25, -0.2) is 14.4 Å². The SMILES string of the molecule is COc1cc(F)cc2nc(Cl)c(C)nc12. The zero-order valence-electron chi connectivity index (χ0n) is 8.21. The van der Waals surface area contributed by atoms with E-state index in [1.165, 1.54) is 19.2 Å². The number of methoxy groups -OCH3 is 1. The average Bonchev–Trinajstić information content (AvgIpc) is 2.19. The molecule has 15 heavy (non-hydrogen) atoms. The van der Waals surface area contributed by atoms with Gasteiger partial charge in [0, 0.05) is 12.1 Å². The fraction of sp³-hybridized carbons (Fsp3) is 0.200. The van der Waals surface area contributed by atoms with Crippen molar-refractivity contribution in [2.75, 3.05) is 7.11 Å². The van der Waals surface area contributed by atoms with Gasteiger partial charge in [-0.2, -0.15) is 0 Å². The fourth-order valence-corrected chi connectivity index (χ4v) is 1.45. The molecule has 2 rings (SSSR count). The summed E-state index contributed by atoms with van der Waals surface area (Å²) >= 11 is 5.80. The first kappa shape index (κ1) is 10.1. The molecule has 0 unspecified atom stereocenters. The second-order valence-electron chi connectivity index (χ2n) is 3.08. The molecule has 5 heteroatoms. The molecule has 0 aliphatic carbocycles. The summed E-state index contributed by atoms with van der Waals surface area (Å²) in [5.74, 6) is -0.0640. The Bertz CT molecular complexity index is 530. The van der Waals surface area contributed by atoms with Crippen molar-refractivity contribution in [1.82, 2.24) is 9.97 Å². The van der Waals surface area contributed by atoms with Crippen LogP contribution in [0.25, 0.3) is 11.0 Å². The van der Waals surface area contributed by atoms with Gasteiger partial charge in [-0.15, -0.1) is 0 Å². The maximum atomic E-state index is 13.1. The molecule has 0 atom stereocenters. The molecule has 0 aliphatic heterocycles. The first-order chi connectivity index (χ1) is 7.11. The maximum absolute atomic E-state index is 13.1. The van der Waals surface area contributed by atoms with Gasteiger partial charge in [-0.3, -0.25) is 0 Å². The lowest BCUT2D eigenvalue weighted by atomic mass is 10.2. The smallest absolute Gasteiger partial charge is 0.150 e. The average molecular weight is 227 g/mol. The lowest BCUT2D eigenvalue weighted by molar-refractivity contribution is 0.415. The Morgan fingerprint density at radius 1 is 1.33 bits per heavy atom. The number of nitrogens with zero attached hydrogens (tertiary/aromatic N) is 2. The highest BCUT2D eigenvalue weighted by atomic mass is 35.5. The number of aryl methyl sites for hydroxylation is 1. The van der Waals surface area contributed by atoms with Crippen LogP contribution in [-0.4, -0.2) is 17.1 Å². The Labute approximate surface area is 90.9 Å². The zero-order valence-corrected chi connectivity index (χ0v) is 8.97. The predicted molar refractivity (Wildman–Crippen MR) is 55.8 cm³/mol. The Morgan fingerprint density at radius 3 is 2.73 bits per heavy atom. The van der Waals surface area contributed by atoms with E-state index < -0.39 is 5.82 Å². The van der Waals surface area contributed by atoms with Gasteiger partial charge in [0.2, 0.25) is 0 Å². The van der Waals surface area contributed by atoms with Gasteiger partial charge in [-0.1, -0.05) is 11.6 Å². The molecule has 0 saturated carbocycles. The number of ether oxygens (including phenoxy) is 1. The number of halogens is 2. The Kier molecular flexibility index (Phi) is 2.44. The van der Waals surface area contributed by atoms with Crippen LogP contribution < -0.4 is 4.74 Å². The quantitative estimate of drug-likeness (QED) is 0.750. The Morgan fingerprint density at radius 2 is 2.07 bits per heavy atom. The molecule has 3 nitrogen and oxygen atoms in total. The van der Waals surface area contributed by atoms with Crippen LogP contribution in [0.3, 0.4) is 0 Å². The third-order valence-electron chi connectivity index (χ3n) is 2.04. The molecule has 0 spiro atoms.